The number of amides is 3. The number of nitrogens with one attached hydrogen (secondary N) is 1. The standard InChI is InChI=1S/C18H16N2O3/c21-15(10-4-2-1-3-5-10)19-20-16(22)13-11-6-7-12(14(13)17(20)23)18(11)8-9-18/h1-7,11-14H,8-9H2,(H,19,21)/t11-,12-,13+,14+/m1/s1. The van der Waals surface area contributed by atoms with Crippen LogP contribution in [0.3, 0.4) is 0 Å². The molecule has 4 atom stereocenters. The lowest BCUT2D eigenvalue weighted by atomic mass is 9.85. The number of benzene rings is 1. The van der Waals surface area contributed by atoms with E-state index in [9.17, 15) is 14.4 Å². The summed E-state index contributed by atoms with van der Waals surface area (Å²) >= 11 is 0. The number of allylic oxidation sites excluding steroid dienone is 2. The van der Waals surface area contributed by atoms with E-state index in [1.165, 1.54) is 0 Å². The highest BCUT2D eigenvalue weighted by atomic mass is 16.2. The van der Waals surface area contributed by atoms with Gasteiger partial charge in [0.1, 0.15) is 0 Å². The average molecular weight is 308 g/mol. The first-order valence-corrected chi connectivity index (χ1v) is 8.06. The zero-order valence-electron chi connectivity index (χ0n) is 12.4. The summed E-state index contributed by atoms with van der Waals surface area (Å²) in [4.78, 5) is 37.7. The van der Waals surface area contributed by atoms with Crippen molar-refractivity contribution in [2.75, 3.05) is 0 Å². The van der Waals surface area contributed by atoms with Gasteiger partial charge in [-0.25, -0.2) is 0 Å². The fraction of sp³-hybridized carbons (Fsp3) is 0.389. The highest BCUT2D eigenvalue weighted by molar-refractivity contribution is 6.09. The number of hydrazine groups is 1. The quantitative estimate of drug-likeness (QED) is 0.665. The summed E-state index contributed by atoms with van der Waals surface area (Å²) in [6.45, 7) is 0. The Morgan fingerprint density at radius 3 is 2.09 bits per heavy atom. The number of fused-ring (bicyclic) bond motifs is 3. The lowest BCUT2D eigenvalue weighted by molar-refractivity contribution is -0.144. The summed E-state index contributed by atoms with van der Waals surface area (Å²) in [5.41, 5.74) is 3.12. The maximum absolute atomic E-state index is 12.7. The second-order valence-corrected chi connectivity index (χ2v) is 7.04. The Bertz CT molecular complexity index is 732. The Hall–Kier alpha value is -2.43. The van der Waals surface area contributed by atoms with Crippen molar-refractivity contribution in [3.05, 3.63) is 48.0 Å². The van der Waals surface area contributed by atoms with Gasteiger partial charge in [0, 0.05) is 5.56 Å². The number of imide groups is 1. The number of carbonyl (C=O) groups excluding carboxylic acids is 3. The van der Waals surface area contributed by atoms with Crippen LogP contribution in [-0.4, -0.2) is 22.7 Å². The molecule has 3 fully saturated rings. The normalized spacial score (nSPS) is 35.0. The van der Waals surface area contributed by atoms with E-state index in [1.54, 1.807) is 24.3 Å². The second-order valence-electron chi connectivity index (χ2n) is 7.04. The number of nitrogens with zero attached hydrogens (tertiary/aromatic N) is 1. The zero-order chi connectivity index (χ0) is 15.8. The average Bonchev–Trinajstić information content (AvgIpc) is 3.18. The minimum Gasteiger partial charge on any atom is -0.272 e. The maximum atomic E-state index is 12.7. The molecule has 1 heterocycles. The molecule has 0 aromatic heterocycles. The molecule has 1 N–H and O–H groups in total. The summed E-state index contributed by atoms with van der Waals surface area (Å²) < 4.78 is 0. The van der Waals surface area contributed by atoms with Crippen molar-refractivity contribution < 1.29 is 14.4 Å². The first-order chi connectivity index (χ1) is 11.1. The fourth-order valence-electron chi connectivity index (χ4n) is 4.94. The number of rotatable bonds is 2. The van der Waals surface area contributed by atoms with Gasteiger partial charge in [0.2, 0.25) is 0 Å². The third-order valence-electron chi connectivity index (χ3n) is 6.10. The predicted molar refractivity (Wildman–Crippen MR) is 80.5 cm³/mol. The second kappa shape index (κ2) is 4.10. The molecule has 0 unspecified atom stereocenters. The molecular formula is C18H16N2O3. The van der Waals surface area contributed by atoms with Crippen LogP contribution < -0.4 is 5.43 Å². The van der Waals surface area contributed by atoms with Crippen molar-refractivity contribution in [1.82, 2.24) is 10.4 Å². The molecule has 5 rings (SSSR count). The Morgan fingerprint density at radius 1 is 1.00 bits per heavy atom. The Balaban J connectivity index is 1.42. The highest BCUT2D eigenvalue weighted by Crippen LogP contribution is 2.73. The molecule has 2 saturated carbocycles. The van der Waals surface area contributed by atoms with Crippen LogP contribution in [0.2, 0.25) is 0 Å². The molecule has 5 nitrogen and oxygen atoms in total. The van der Waals surface area contributed by atoms with E-state index < -0.39 is 5.91 Å². The minimum absolute atomic E-state index is 0.174. The summed E-state index contributed by atoms with van der Waals surface area (Å²) in [7, 11) is 0. The topological polar surface area (TPSA) is 66.5 Å². The Labute approximate surface area is 133 Å². The van der Waals surface area contributed by atoms with E-state index in [1.807, 2.05) is 6.07 Å². The number of hydrogen-bond acceptors (Lipinski definition) is 3. The van der Waals surface area contributed by atoms with E-state index in [2.05, 4.69) is 17.6 Å². The van der Waals surface area contributed by atoms with Crippen LogP contribution in [0.1, 0.15) is 23.2 Å². The van der Waals surface area contributed by atoms with Gasteiger partial charge in [-0.1, -0.05) is 30.4 Å². The van der Waals surface area contributed by atoms with Gasteiger partial charge in [-0.3, -0.25) is 19.8 Å². The van der Waals surface area contributed by atoms with E-state index in [-0.39, 0.29) is 40.9 Å². The largest absolute Gasteiger partial charge is 0.272 e. The Kier molecular flexibility index (Phi) is 2.33. The molecule has 1 aliphatic heterocycles. The lowest BCUT2D eigenvalue weighted by Gasteiger charge is -2.21. The predicted octanol–water partition coefficient (Wildman–Crippen LogP) is 1.53. The van der Waals surface area contributed by atoms with E-state index in [0.717, 1.165) is 17.9 Å². The van der Waals surface area contributed by atoms with Gasteiger partial charge in [-0.05, 0) is 42.2 Å². The number of carbonyl (C=O) groups is 3. The molecule has 3 amide bonds. The van der Waals surface area contributed by atoms with Crippen molar-refractivity contribution in [1.29, 1.82) is 0 Å². The summed E-state index contributed by atoms with van der Waals surface area (Å²) in [5.74, 6) is -1.12. The van der Waals surface area contributed by atoms with Gasteiger partial charge in [0.05, 0.1) is 11.8 Å². The first kappa shape index (κ1) is 13.0. The van der Waals surface area contributed by atoms with Crippen LogP contribution in [0.5, 0.6) is 0 Å². The van der Waals surface area contributed by atoms with Gasteiger partial charge >= 0.3 is 0 Å². The molecule has 1 saturated heterocycles. The van der Waals surface area contributed by atoms with Gasteiger partial charge < -0.3 is 0 Å². The van der Waals surface area contributed by atoms with Gasteiger partial charge in [0.15, 0.2) is 0 Å². The summed E-state index contributed by atoms with van der Waals surface area (Å²) in [6, 6.07) is 8.62. The van der Waals surface area contributed by atoms with E-state index in [4.69, 9.17) is 0 Å². The van der Waals surface area contributed by atoms with Crippen LogP contribution in [0, 0.1) is 29.1 Å². The highest BCUT2D eigenvalue weighted by Gasteiger charge is 2.73. The van der Waals surface area contributed by atoms with Crippen LogP contribution in [-0.2, 0) is 9.59 Å². The van der Waals surface area contributed by atoms with Crippen LogP contribution in [0.15, 0.2) is 42.5 Å². The molecule has 23 heavy (non-hydrogen) atoms. The number of hydrogen-bond donors (Lipinski definition) is 1. The molecule has 1 spiro atoms. The van der Waals surface area contributed by atoms with Gasteiger partial charge in [0.25, 0.3) is 17.7 Å². The third kappa shape index (κ3) is 1.49. The molecule has 1 aromatic rings. The smallest absolute Gasteiger partial charge is 0.270 e. The lowest BCUT2D eigenvalue weighted by Crippen LogP contribution is -2.47. The third-order valence-corrected chi connectivity index (χ3v) is 6.10. The molecule has 5 heteroatoms. The summed E-state index contributed by atoms with van der Waals surface area (Å²) in [5, 5.41) is 0.965. The minimum atomic E-state index is -0.422. The van der Waals surface area contributed by atoms with Crippen molar-refractivity contribution in [2.45, 2.75) is 12.8 Å². The van der Waals surface area contributed by atoms with Crippen LogP contribution in [0.4, 0.5) is 0 Å². The van der Waals surface area contributed by atoms with E-state index in [0.29, 0.717) is 5.56 Å². The molecule has 0 radical (unpaired) electrons. The fourth-order valence-corrected chi connectivity index (χ4v) is 4.94. The maximum Gasteiger partial charge on any atom is 0.270 e. The first-order valence-electron chi connectivity index (χ1n) is 8.06. The van der Waals surface area contributed by atoms with Crippen LogP contribution in [0.25, 0.3) is 0 Å². The SMILES string of the molecule is O=C(NN1C(=O)[C@@H]2[C@@H](C1=O)[C@H]1C=C[C@H]2C12CC2)c1ccccc1. The molecule has 4 aliphatic rings. The van der Waals surface area contributed by atoms with Gasteiger partial charge in [-0.2, -0.15) is 5.01 Å². The zero-order valence-corrected chi connectivity index (χ0v) is 12.4. The molecule has 3 aliphatic carbocycles. The molecule has 1 aromatic carbocycles. The van der Waals surface area contributed by atoms with E-state index >= 15 is 0 Å². The Morgan fingerprint density at radius 2 is 1.57 bits per heavy atom. The molecule has 2 bridgehead atoms. The van der Waals surface area contributed by atoms with Crippen molar-refractivity contribution >= 4 is 17.7 Å². The monoisotopic (exact) mass is 308 g/mol. The van der Waals surface area contributed by atoms with Crippen molar-refractivity contribution in [3.63, 3.8) is 0 Å². The van der Waals surface area contributed by atoms with Crippen molar-refractivity contribution in [2.24, 2.45) is 29.1 Å². The summed E-state index contributed by atoms with van der Waals surface area (Å²) in [6.07, 6.45) is 6.46. The van der Waals surface area contributed by atoms with Crippen molar-refractivity contribution in [3.8, 4) is 0 Å². The molecule has 116 valence electrons. The van der Waals surface area contributed by atoms with Crippen LogP contribution >= 0.6 is 0 Å². The molecular weight excluding hydrogens is 292 g/mol. The van der Waals surface area contributed by atoms with Gasteiger partial charge in [-0.15, -0.1) is 0 Å².